The van der Waals surface area contributed by atoms with Crippen molar-refractivity contribution in [3.8, 4) is 16.9 Å². The minimum atomic E-state index is 0.185. The van der Waals surface area contributed by atoms with E-state index in [2.05, 4.69) is 5.16 Å². The first-order valence-corrected chi connectivity index (χ1v) is 6.50. The van der Waals surface area contributed by atoms with Gasteiger partial charge in [-0.25, -0.2) is 0 Å². The van der Waals surface area contributed by atoms with Crippen LogP contribution in [0.25, 0.3) is 11.1 Å². The molecule has 3 N–H and O–H groups in total. The molecule has 2 rings (SSSR count). The van der Waals surface area contributed by atoms with E-state index >= 15 is 0 Å². The molecule has 5 heteroatoms. The molecule has 0 atom stereocenters. The Morgan fingerprint density at radius 2 is 1.86 bits per heavy atom. The highest BCUT2D eigenvalue weighted by Crippen LogP contribution is 2.24. The van der Waals surface area contributed by atoms with Crippen molar-refractivity contribution in [1.82, 2.24) is 0 Å². The van der Waals surface area contributed by atoms with Gasteiger partial charge in [-0.15, -0.1) is 0 Å². The fourth-order valence-corrected chi connectivity index (χ4v) is 2.00. The van der Waals surface area contributed by atoms with Crippen molar-refractivity contribution in [2.45, 2.75) is 6.42 Å². The normalized spacial score (nSPS) is 11.4. The van der Waals surface area contributed by atoms with Crippen LogP contribution < -0.4 is 10.5 Å². The summed E-state index contributed by atoms with van der Waals surface area (Å²) in [5.74, 6) is 0.931. The van der Waals surface area contributed by atoms with Gasteiger partial charge in [-0.3, -0.25) is 0 Å². The predicted molar refractivity (Wildman–Crippen MR) is 81.5 cm³/mol. The smallest absolute Gasteiger partial charge is 0.188 e. The summed E-state index contributed by atoms with van der Waals surface area (Å²) in [6, 6.07) is 15.6. The Kier molecular flexibility index (Phi) is 5.17. The molecule has 0 aliphatic rings. The Morgan fingerprint density at radius 1 is 1.14 bits per heavy atom. The molecule has 0 bridgehead atoms. The van der Waals surface area contributed by atoms with E-state index in [-0.39, 0.29) is 12.6 Å². The molecule has 5 nitrogen and oxygen atoms in total. The second-order valence-corrected chi connectivity index (χ2v) is 4.55. The quantitative estimate of drug-likeness (QED) is 0.281. The summed E-state index contributed by atoms with van der Waals surface area (Å²) in [7, 11) is 1.58. The van der Waals surface area contributed by atoms with Crippen molar-refractivity contribution in [2.75, 3.05) is 13.9 Å². The molecule has 0 fully saturated rings. The van der Waals surface area contributed by atoms with E-state index in [9.17, 15) is 0 Å². The second kappa shape index (κ2) is 7.31. The Bertz CT molecular complexity index is 626. The molecule has 2 aromatic rings. The lowest BCUT2D eigenvalue weighted by atomic mass is 10.0. The van der Waals surface area contributed by atoms with E-state index in [1.807, 2.05) is 48.5 Å². The van der Waals surface area contributed by atoms with E-state index < -0.39 is 0 Å². The number of hydrogen-bond acceptors (Lipinski definition) is 4. The zero-order valence-corrected chi connectivity index (χ0v) is 11.8. The summed E-state index contributed by atoms with van der Waals surface area (Å²) >= 11 is 0. The van der Waals surface area contributed by atoms with Crippen molar-refractivity contribution in [3.05, 3.63) is 54.1 Å². The molecule has 0 radical (unpaired) electrons. The van der Waals surface area contributed by atoms with E-state index in [4.69, 9.17) is 20.4 Å². The van der Waals surface area contributed by atoms with Crippen molar-refractivity contribution < 1.29 is 14.7 Å². The molecule has 0 spiro atoms. The standard InChI is InChI=1S/C16H18N2O3/c1-20-11-21-15-7-3-6-14(10-15)13-5-2-4-12(8-13)9-16(17)18-19/h2-8,10,19H,9,11H2,1H3,(H2,17,18). The summed E-state index contributed by atoms with van der Waals surface area (Å²) in [6.45, 7) is 0.215. The third-order valence-corrected chi connectivity index (χ3v) is 2.95. The number of hydrogen-bond donors (Lipinski definition) is 2. The van der Waals surface area contributed by atoms with Crippen LogP contribution in [0.15, 0.2) is 53.7 Å². The van der Waals surface area contributed by atoms with Crippen LogP contribution in [-0.4, -0.2) is 24.9 Å². The number of oxime groups is 1. The van der Waals surface area contributed by atoms with Crippen molar-refractivity contribution >= 4 is 5.84 Å². The van der Waals surface area contributed by atoms with Gasteiger partial charge in [-0.2, -0.15) is 0 Å². The average Bonchev–Trinajstić information content (AvgIpc) is 2.53. The van der Waals surface area contributed by atoms with Gasteiger partial charge >= 0.3 is 0 Å². The first kappa shape index (κ1) is 14.9. The predicted octanol–water partition coefficient (Wildman–Crippen LogP) is 2.63. The Morgan fingerprint density at radius 3 is 2.57 bits per heavy atom. The molecule has 0 saturated heterocycles. The highest BCUT2D eigenvalue weighted by molar-refractivity contribution is 5.82. The second-order valence-electron chi connectivity index (χ2n) is 4.55. The highest BCUT2D eigenvalue weighted by Gasteiger charge is 2.03. The molecular formula is C16H18N2O3. The lowest BCUT2D eigenvalue weighted by molar-refractivity contribution is 0.0511. The number of rotatable bonds is 6. The maximum atomic E-state index is 8.64. The molecule has 0 saturated carbocycles. The number of nitrogens with zero attached hydrogens (tertiary/aromatic N) is 1. The van der Waals surface area contributed by atoms with E-state index in [0.717, 1.165) is 22.4 Å². The van der Waals surface area contributed by atoms with Gasteiger partial charge in [0.05, 0.1) is 0 Å². The van der Waals surface area contributed by atoms with Gasteiger partial charge in [0, 0.05) is 13.5 Å². The van der Waals surface area contributed by atoms with E-state index in [1.165, 1.54) is 0 Å². The highest BCUT2D eigenvalue weighted by atomic mass is 16.7. The SMILES string of the molecule is COCOc1cccc(-c2cccc(C/C(N)=N/O)c2)c1. The van der Waals surface area contributed by atoms with Crippen molar-refractivity contribution in [2.24, 2.45) is 10.9 Å². The maximum absolute atomic E-state index is 8.64. The van der Waals surface area contributed by atoms with Crippen LogP contribution >= 0.6 is 0 Å². The van der Waals surface area contributed by atoms with Gasteiger partial charge in [0.2, 0.25) is 0 Å². The first-order valence-electron chi connectivity index (χ1n) is 6.50. The lowest BCUT2D eigenvalue weighted by Gasteiger charge is -2.08. The monoisotopic (exact) mass is 286 g/mol. The topological polar surface area (TPSA) is 77.1 Å². The zero-order valence-electron chi connectivity index (χ0n) is 11.8. The molecule has 0 aromatic heterocycles. The largest absolute Gasteiger partial charge is 0.468 e. The third-order valence-electron chi connectivity index (χ3n) is 2.95. The van der Waals surface area contributed by atoms with Gasteiger partial charge in [0.25, 0.3) is 0 Å². The molecule has 110 valence electrons. The number of amidine groups is 1. The van der Waals surface area contributed by atoms with Crippen LogP contribution in [0.4, 0.5) is 0 Å². The maximum Gasteiger partial charge on any atom is 0.188 e. The molecule has 21 heavy (non-hydrogen) atoms. The van der Waals surface area contributed by atoms with Crippen LogP contribution in [-0.2, 0) is 11.2 Å². The summed E-state index contributed by atoms with van der Waals surface area (Å²) in [6.07, 6.45) is 0.407. The van der Waals surface area contributed by atoms with Crippen LogP contribution in [0.1, 0.15) is 5.56 Å². The van der Waals surface area contributed by atoms with E-state index in [1.54, 1.807) is 7.11 Å². The minimum Gasteiger partial charge on any atom is -0.468 e. The molecule has 0 heterocycles. The Balaban J connectivity index is 2.23. The fraction of sp³-hybridized carbons (Fsp3) is 0.188. The fourth-order valence-electron chi connectivity index (χ4n) is 2.00. The van der Waals surface area contributed by atoms with Crippen LogP contribution in [0.2, 0.25) is 0 Å². The van der Waals surface area contributed by atoms with Crippen molar-refractivity contribution in [1.29, 1.82) is 0 Å². The number of nitrogens with two attached hydrogens (primary N) is 1. The molecule has 2 aromatic carbocycles. The molecule has 0 amide bonds. The zero-order chi connectivity index (χ0) is 15.1. The minimum absolute atomic E-state index is 0.185. The Hall–Kier alpha value is -2.53. The van der Waals surface area contributed by atoms with Gasteiger partial charge in [-0.1, -0.05) is 41.6 Å². The molecule has 0 aliphatic carbocycles. The van der Waals surface area contributed by atoms with Gasteiger partial charge in [-0.05, 0) is 28.8 Å². The molecular weight excluding hydrogens is 268 g/mol. The average molecular weight is 286 g/mol. The summed E-state index contributed by atoms with van der Waals surface area (Å²) in [5, 5.41) is 11.6. The molecule has 0 unspecified atom stereocenters. The van der Waals surface area contributed by atoms with Gasteiger partial charge < -0.3 is 20.4 Å². The summed E-state index contributed by atoms with van der Waals surface area (Å²) < 4.78 is 10.3. The van der Waals surface area contributed by atoms with Gasteiger partial charge in [0.1, 0.15) is 11.6 Å². The molecule has 0 aliphatic heterocycles. The van der Waals surface area contributed by atoms with Crippen LogP contribution in [0.3, 0.4) is 0 Å². The number of ether oxygens (including phenoxy) is 2. The first-order chi connectivity index (χ1) is 10.2. The van der Waals surface area contributed by atoms with E-state index in [0.29, 0.717) is 6.42 Å². The van der Waals surface area contributed by atoms with Crippen molar-refractivity contribution in [3.63, 3.8) is 0 Å². The Labute approximate surface area is 123 Å². The van der Waals surface area contributed by atoms with Crippen LogP contribution in [0.5, 0.6) is 5.75 Å². The number of methoxy groups -OCH3 is 1. The van der Waals surface area contributed by atoms with Gasteiger partial charge in [0.15, 0.2) is 6.79 Å². The third kappa shape index (κ3) is 4.22. The number of benzene rings is 2. The summed E-state index contributed by atoms with van der Waals surface area (Å²) in [5.41, 5.74) is 8.59. The summed E-state index contributed by atoms with van der Waals surface area (Å²) in [4.78, 5) is 0. The van der Waals surface area contributed by atoms with Crippen LogP contribution in [0, 0.1) is 0 Å². The lowest BCUT2D eigenvalue weighted by Crippen LogP contribution is -2.14.